The van der Waals surface area contributed by atoms with Gasteiger partial charge in [-0.25, -0.2) is 0 Å². The van der Waals surface area contributed by atoms with E-state index in [2.05, 4.69) is 152 Å². The van der Waals surface area contributed by atoms with Gasteiger partial charge in [0.1, 0.15) is 11.5 Å². The lowest BCUT2D eigenvalue weighted by molar-refractivity contribution is 0.487. The molecule has 0 bridgehead atoms. The van der Waals surface area contributed by atoms with E-state index in [0.717, 1.165) is 17.1 Å². The Bertz CT molecular complexity index is 2120. The monoisotopic (exact) mass is 534 g/mol. The molecular weight excluding hydrogens is 508 g/mol. The summed E-state index contributed by atoms with van der Waals surface area (Å²) in [6.45, 7) is 0. The lowest BCUT2D eigenvalue weighted by atomic mass is 9.67. The van der Waals surface area contributed by atoms with Gasteiger partial charge in [0.25, 0.3) is 0 Å². The van der Waals surface area contributed by atoms with Gasteiger partial charge < -0.3 is 4.74 Å². The smallest absolute Gasteiger partial charge is 0.135 e. The Morgan fingerprint density at radius 1 is 0.381 bits per heavy atom. The molecule has 0 amide bonds. The molecule has 0 fully saturated rings. The van der Waals surface area contributed by atoms with E-state index in [1.165, 1.54) is 60.8 Å². The molecule has 42 heavy (non-hydrogen) atoms. The van der Waals surface area contributed by atoms with Gasteiger partial charge in [-0.2, -0.15) is 0 Å². The van der Waals surface area contributed by atoms with Gasteiger partial charge in [0.15, 0.2) is 0 Å². The minimum absolute atomic E-state index is 0.381. The molecule has 0 spiro atoms. The molecule has 1 heterocycles. The van der Waals surface area contributed by atoms with E-state index in [1.807, 2.05) is 6.07 Å². The van der Waals surface area contributed by atoms with Crippen LogP contribution in [0.4, 0.5) is 0 Å². The fourth-order valence-electron chi connectivity index (χ4n) is 7.38. The quantitative estimate of drug-likeness (QED) is 0.219. The molecule has 0 saturated heterocycles. The summed E-state index contributed by atoms with van der Waals surface area (Å²) in [6, 6.07) is 57.3. The zero-order valence-corrected chi connectivity index (χ0v) is 22.9. The van der Waals surface area contributed by atoms with Crippen LogP contribution in [0, 0.1) is 0 Å². The van der Waals surface area contributed by atoms with Gasteiger partial charge in [0, 0.05) is 10.9 Å². The molecular formula is C41H26O. The van der Waals surface area contributed by atoms with E-state index < -0.39 is 0 Å². The van der Waals surface area contributed by atoms with Crippen LogP contribution in [0.2, 0.25) is 0 Å². The first-order valence-corrected chi connectivity index (χ1v) is 14.5. The second-order valence-electron chi connectivity index (χ2n) is 11.3. The van der Waals surface area contributed by atoms with Gasteiger partial charge in [-0.1, -0.05) is 127 Å². The van der Waals surface area contributed by atoms with Crippen LogP contribution in [0.1, 0.15) is 22.3 Å². The van der Waals surface area contributed by atoms with E-state index >= 15 is 0 Å². The first-order valence-electron chi connectivity index (χ1n) is 14.5. The highest BCUT2D eigenvalue weighted by atomic mass is 16.5. The predicted molar refractivity (Wildman–Crippen MR) is 172 cm³/mol. The van der Waals surface area contributed by atoms with Crippen molar-refractivity contribution in [2.45, 2.75) is 5.41 Å². The molecule has 0 aromatic heterocycles. The Morgan fingerprint density at radius 2 is 1.00 bits per heavy atom. The molecule has 1 aliphatic carbocycles. The van der Waals surface area contributed by atoms with Crippen LogP contribution in [-0.2, 0) is 5.41 Å². The predicted octanol–water partition coefficient (Wildman–Crippen LogP) is 10.6. The molecule has 0 radical (unpaired) electrons. The van der Waals surface area contributed by atoms with Crippen molar-refractivity contribution >= 4 is 10.8 Å². The molecule has 1 aliphatic heterocycles. The molecule has 0 N–H and O–H groups in total. The van der Waals surface area contributed by atoms with E-state index in [9.17, 15) is 0 Å². The van der Waals surface area contributed by atoms with Crippen molar-refractivity contribution < 1.29 is 4.74 Å². The lowest BCUT2D eigenvalue weighted by Crippen LogP contribution is -2.28. The highest BCUT2D eigenvalue weighted by Gasteiger charge is 2.45. The van der Waals surface area contributed by atoms with E-state index in [0.29, 0.717) is 0 Å². The number of benzene rings is 7. The van der Waals surface area contributed by atoms with Gasteiger partial charge in [-0.15, -0.1) is 0 Å². The van der Waals surface area contributed by atoms with E-state index in [4.69, 9.17) is 4.74 Å². The van der Waals surface area contributed by atoms with Gasteiger partial charge in [-0.3, -0.25) is 0 Å². The minimum atomic E-state index is -0.381. The summed E-state index contributed by atoms with van der Waals surface area (Å²) >= 11 is 0. The first-order chi connectivity index (χ1) is 20.8. The van der Waals surface area contributed by atoms with Crippen molar-refractivity contribution in [1.29, 1.82) is 0 Å². The van der Waals surface area contributed by atoms with Gasteiger partial charge in [0.05, 0.1) is 5.41 Å². The lowest BCUT2D eigenvalue weighted by Gasteiger charge is -2.33. The number of hydrogen-bond donors (Lipinski definition) is 0. The minimum Gasteiger partial charge on any atom is -0.456 e. The standard InChI is InChI=1S/C41H26O/c1-3-13-30(14-4-1)41(31-15-5-2-6-16-31)36-19-9-7-17-32(36)34-25-27(22-23-37(34)41)29-24-28-12-11-21-39-40(28)35(26-29)33-18-8-10-20-38(33)42-39/h1-26H. The van der Waals surface area contributed by atoms with Crippen LogP contribution >= 0.6 is 0 Å². The van der Waals surface area contributed by atoms with E-state index in [1.54, 1.807) is 0 Å². The van der Waals surface area contributed by atoms with Crippen LogP contribution in [0.5, 0.6) is 11.5 Å². The maximum atomic E-state index is 6.30. The average Bonchev–Trinajstić information content (AvgIpc) is 3.36. The van der Waals surface area contributed by atoms with Gasteiger partial charge in [0.2, 0.25) is 0 Å². The maximum Gasteiger partial charge on any atom is 0.135 e. The number of ether oxygens (including phenoxy) is 1. The molecule has 2 aliphatic rings. The SMILES string of the molecule is c1ccc(C2(c3ccccc3)c3ccccc3-c3cc(-c4cc5c6c(cccc6c4)Oc4ccccc4-5)ccc32)cc1. The highest BCUT2D eigenvalue weighted by molar-refractivity contribution is 6.06. The summed E-state index contributed by atoms with van der Waals surface area (Å²) < 4.78 is 6.30. The highest BCUT2D eigenvalue weighted by Crippen LogP contribution is 2.57. The van der Waals surface area contributed by atoms with Gasteiger partial charge >= 0.3 is 0 Å². The summed E-state index contributed by atoms with van der Waals surface area (Å²) in [7, 11) is 0. The third-order valence-corrected chi connectivity index (χ3v) is 9.13. The Balaban J connectivity index is 1.31. The molecule has 0 atom stereocenters. The third-order valence-electron chi connectivity index (χ3n) is 9.13. The van der Waals surface area contributed by atoms with Crippen LogP contribution < -0.4 is 4.74 Å². The Labute approximate surface area is 245 Å². The Morgan fingerprint density at radius 3 is 1.79 bits per heavy atom. The molecule has 7 aromatic rings. The molecule has 0 saturated carbocycles. The van der Waals surface area contributed by atoms with Crippen LogP contribution in [0.15, 0.2) is 158 Å². The van der Waals surface area contributed by atoms with E-state index in [-0.39, 0.29) is 5.41 Å². The van der Waals surface area contributed by atoms with Crippen molar-refractivity contribution in [2.75, 3.05) is 0 Å². The summed E-state index contributed by atoms with van der Waals surface area (Å²) in [6.07, 6.45) is 0. The van der Waals surface area contributed by atoms with Crippen molar-refractivity contribution in [2.24, 2.45) is 0 Å². The average molecular weight is 535 g/mol. The molecule has 7 aromatic carbocycles. The van der Waals surface area contributed by atoms with Crippen molar-refractivity contribution in [3.05, 3.63) is 180 Å². The number of hydrogen-bond acceptors (Lipinski definition) is 1. The van der Waals surface area contributed by atoms with Crippen molar-refractivity contribution in [3.8, 4) is 44.9 Å². The Kier molecular flexibility index (Phi) is 4.88. The van der Waals surface area contributed by atoms with Crippen molar-refractivity contribution in [1.82, 2.24) is 0 Å². The maximum absolute atomic E-state index is 6.30. The van der Waals surface area contributed by atoms with Gasteiger partial charge in [-0.05, 0) is 85.8 Å². The zero-order chi connectivity index (χ0) is 27.7. The largest absolute Gasteiger partial charge is 0.456 e. The molecule has 9 rings (SSSR count). The number of rotatable bonds is 3. The zero-order valence-electron chi connectivity index (χ0n) is 22.9. The fraction of sp³-hybridized carbons (Fsp3) is 0.0244. The third kappa shape index (κ3) is 3.14. The fourth-order valence-corrected chi connectivity index (χ4v) is 7.38. The van der Waals surface area contributed by atoms with Crippen LogP contribution in [0.3, 0.4) is 0 Å². The van der Waals surface area contributed by atoms with Crippen LogP contribution in [0.25, 0.3) is 44.2 Å². The van der Waals surface area contributed by atoms with Crippen molar-refractivity contribution in [3.63, 3.8) is 0 Å². The topological polar surface area (TPSA) is 9.23 Å². The molecule has 1 nitrogen and oxygen atoms in total. The Hall–Kier alpha value is -5.40. The molecule has 0 unspecified atom stereocenters. The number of para-hydroxylation sites is 1. The summed E-state index contributed by atoms with van der Waals surface area (Å²) in [5, 5.41) is 2.37. The summed E-state index contributed by atoms with van der Waals surface area (Å²) in [4.78, 5) is 0. The first kappa shape index (κ1) is 23.3. The second kappa shape index (κ2) is 8.80. The molecule has 1 heteroatoms. The summed E-state index contributed by atoms with van der Waals surface area (Å²) in [5.41, 5.74) is 12.2. The second-order valence-corrected chi connectivity index (χ2v) is 11.3. The summed E-state index contributed by atoms with van der Waals surface area (Å²) in [5.74, 6) is 1.83. The normalized spacial score (nSPS) is 13.6. The molecule has 196 valence electrons. The van der Waals surface area contributed by atoms with Crippen LogP contribution in [-0.4, -0.2) is 0 Å². The number of fused-ring (bicyclic) bond motifs is 5.